The second kappa shape index (κ2) is 5.45. The van der Waals surface area contributed by atoms with Crippen LogP contribution < -0.4 is 11.5 Å². The highest BCUT2D eigenvalue weighted by Crippen LogP contribution is 2.19. The second-order valence-electron chi connectivity index (χ2n) is 3.31. The average Bonchev–Trinajstić information content (AvgIpc) is 2.73. The highest BCUT2D eigenvalue weighted by Gasteiger charge is 2.07. The fourth-order valence-electron chi connectivity index (χ4n) is 1.27. The number of nitrogens with zero attached hydrogens (tertiary/aromatic N) is 6. The molecule has 0 atom stereocenters. The van der Waals surface area contributed by atoms with E-state index in [2.05, 4.69) is 31.7 Å². The van der Waals surface area contributed by atoms with Crippen LogP contribution in [0.3, 0.4) is 0 Å². The fraction of sp³-hybridized carbons (Fsp3) is 0.222. The van der Waals surface area contributed by atoms with Crippen LogP contribution in [0.15, 0.2) is 24.1 Å². The predicted molar refractivity (Wildman–Crippen MR) is 68.4 cm³/mol. The zero-order valence-corrected chi connectivity index (χ0v) is 10.3. The molecule has 18 heavy (non-hydrogen) atoms. The van der Waals surface area contributed by atoms with Gasteiger partial charge in [0.15, 0.2) is 5.16 Å². The monoisotopic (exact) mass is 264 g/mol. The molecule has 0 radical (unpaired) electrons. The number of hydrogen-bond acceptors (Lipinski definition) is 8. The fourth-order valence-corrected chi connectivity index (χ4v) is 2.05. The van der Waals surface area contributed by atoms with E-state index in [9.17, 15) is 0 Å². The highest BCUT2D eigenvalue weighted by molar-refractivity contribution is 7.98. The van der Waals surface area contributed by atoms with Crippen molar-refractivity contribution in [2.45, 2.75) is 17.5 Å². The van der Waals surface area contributed by atoms with E-state index in [1.807, 2.05) is 4.57 Å². The van der Waals surface area contributed by atoms with E-state index in [0.717, 1.165) is 5.16 Å². The van der Waals surface area contributed by atoms with Crippen molar-refractivity contribution in [3.63, 3.8) is 0 Å². The Hall–Kier alpha value is -2.16. The van der Waals surface area contributed by atoms with E-state index in [1.165, 1.54) is 11.8 Å². The Kier molecular flexibility index (Phi) is 3.72. The minimum Gasteiger partial charge on any atom is -0.368 e. The molecule has 0 fully saturated rings. The smallest absolute Gasteiger partial charge is 0.225 e. The summed E-state index contributed by atoms with van der Waals surface area (Å²) in [5.41, 5.74) is 11.0. The number of nitrogens with two attached hydrogens (primary N) is 2. The van der Waals surface area contributed by atoms with Gasteiger partial charge in [0.25, 0.3) is 0 Å². The maximum Gasteiger partial charge on any atom is 0.225 e. The quantitative estimate of drug-likeness (QED) is 0.576. The van der Waals surface area contributed by atoms with Crippen LogP contribution >= 0.6 is 11.8 Å². The van der Waals surface area contributed by atoms with E-state index in [4.69, 9.17) is 11.5 Å². The van der Waals surface area contributed by atoms with Crippen molar-refractivity contribution in [1.82, 2.24) is 29.7 Å². The Morgan fingerprint density at radius 2 is 2.00 bits per heavy atom. The van der Waals surface area contributed by atoms with Crippen molar-refractivity contribution < 1.29 is 0 Å². The standard InChI is InChI=1S/C9H12N8S/c1-2-3-17-5-12-16-9(17)18-4-6-13-7(10)15-8(11)14-6/h2,5H,1,3-4H2,(H4,10,11,13,14,15). The summed E-state index contributed by atoms with van der Waals surface area (Å²) in [6.45, 7) is 4.32. The zero-order valence-electron chi connectivity index (χ0n) is 9.52. The normalized spacial score (nSPS) is 10.4. The van der Waals surface area contributed by atoms with Crippen molar-refractivity contribution in [3.05, 3.63) is 24.8 Å². The Bertz CT molecular complexity index is 531. The van der Waals surface area contributed by atoms with Crippen LogP contribution in [0.4, 0.5) is 11.9 Å². The number of hydrogen-bond donors (Lipinski definition) is 2. The van der Waals surface area contributed by atoms with Gasteiger partial charge in [-0.25, -0.2) is 0 Å². The van der Waals surface area contributed by atoms with Crippen molar-refractivity contribution >= 4 is 23.7 Å². The van der Waals surface area contributed by atoms with Gasteiger partial charge in [-0.3, -0.25) is 0 Å². The summed E-state index contributed by atoms with van der Waals surface area (Å²) in [5.74, 6) is 1.24. The summed E-state index contributed by atoms with van der Waals surface area (Å²) >= 11 is 1.44. The minimum absolute atomic E-state index is 0.116. The summed E-state index contributed by atoms with van der Waals surface area (Å²) < 4.78 is 1.87. The van der Waals surface area contributed by atoms with Crippen molar-refractivity contribution in [2.24, 2.45) is 0 Å². The van der Waals surface area contributed by atoms with Crippen LogP contribution in [0, 0.1) is 0 Å². The summed E-state index contributed by atoms with van der Waals surface area (Å²) in [6, 6.07) is 0. The number of thioether (sulfide) groups is 1. The minimum atomic E-state index is 0.116. The van der Waals surface area contributed by atoms with Gasteiger partial charge in [-0.1, -0.05) is 17.8 Å². The number of rotatable bonds is 5. The van der Waals surface area contributed by atoms with E-state index in [1.54, 1.807) is 12.4 Å². The van der Waals surface area contributed by atoms with Gasteiger partial charge in [0.1, 0.15) is 12.2 Å². The lowest BCUT2D eigenvalue weighted by molar-refractivity contribution is 0.724. The molecule has 2 aromatic rings. The van der Waals surface area contributed by atoms with E-state index in [0.29, 0.717) is 18.1 Å². The zero-order chi connectivity index (χ0) is 13.0. The molecule has 0 unspecified atom stereocenters. The van der Waals surface area contributed by atoms with Crippen LogP contribution in [-0.4, -0.2) is 29.7 Å². The summed E-state index contributed by atoms with van der Waals surface area (Å²) in [4.78, 5) is 11.7. The topological polar surface area (TPSA) is 121 Å². The Morgan fingerprint density at radius 1 is 1.28 bits per heavy atom. The third kappa shape index (κ3) is 2.94. The molecule has 2 heterocycles. The number of aromatic nitrogens is 6. The number of anilines is 2. The van der Waals surface area contributed by atoms with Gasteiger partial charge in [-0.15, -0.1) is 16.8 Å². The van der Waals surface area contributed by atoms with Gasteiger partial charge < -0.3 is 16.0 Å². The first-order valence-corrected chi connectivity index (χ1v) is 6.05. The van der Waals surface area contributed by atoms with Gasteiger partial charge in [-0.05, 0) is 0 Å². The molecule has 0 saturated carbocycles. The van der Waals surface area contributed by atoms with Crippen LogP contribution in [0.5, 0.6) is 0 Å². The second-order valence-corrected chi connectivity index (χ2v) is 4.25. The molecule has 94 valence electrons. The van der Waals surface area contributed by atoms with Crippen LogP contribution in [0.25, 0.3) is 0 Å². The third-order valence-electron chi connectivity index (χ3n) is 1.95. The summed E-state index contributed by atoms with van der Waals surface area (Å²) in [5, 5.41) is 8.58. The van der Waals surface area contributed by atoms with E-state index < -0.39 is 0 Å². The predicted octanol–water partition coefficient (Wildman–Crippen LogP) is 0.106. The molecule has 0 aliphatic rings. The Morgan fingerprint density at radius 3 is 2.67 bits per heavy atom. The first-order valence-electron chi connectivity index (χ1n) is 5.06. The van der Waals surface area contributed by atoms with Crippen molar-refractivity contribution in [2.75, 3.05) is 11.5 Å². The van der Waals surface area contributed by atoms with Gasteiger partial charge >= 0.3 is 0 Å². The lowest BCUT2D eigenvalue weighted by Crippen LogP contribution is -2.06. The molecular weight excluding hydrogens is 252 g/mol. The number of allylic oxidation sites excluding steroid dienone is 1. The average molecular weight is 264 g/mol. The molecule has 4 N–H and O–H groups in total. The van der Waals surface area contributed by atoms with Gasteiger partial charge in [0, 0.05) is 6.54 Å². The number of nitrogen functional groups attached to an aromatic ring is 2. The van der Waals surface area contributed by atoms with Crippen LogP contribution in [0.2, 0.25) is 0 Å². The molecule has 2 rings (SSSR count). The third-order valence-corrected chi connectivity index (χ3v) is 2.93. The summed E-state index contributed by atoms with van der Waals surface area (Å²) in [7, 11) is 0. The molecule has 0 saturated heterocycles. The molecule has 0 aliphatic heterocycles. The molecule has 8 nitrogen and oxygen atoms in total. The lowest BCUT2D eigenvalue weighted by atomic mass is 10.6. The molecule has 0 spiro atoms. The largest absolute Gasteiger partial charge is 0.368 e. The first kappa shape index (κ1) is 12.3. The molecule has 2 aromatic heterocycles. The first-order chi connectivity index (χ1) is 8.69. The van der Waals surface area contributed by atoms with E-state index in [-0.39, 0.29) is 11.9 Å². The molecule has 0 amide bonds. The molecule has 0 bridgehead atoms. The lowest BCUT2D eigenvalue weighted by Gasteiger charge is -2.03. The maximum atomic E-state index is 5.49. The Labute approximate surface area is 108 Å². The van der Waals surface area contributed by atoms with Gasteiger partial charge in [-0.2, -0.15) is 15.0 Å². The van der Waals surface area contributed by atoms with Crippen molar-refractivity contribution in [1.29, 1.82) is 0 Å². The van der Waals surface area contributed by atoms with Crippen molar-refractivity contribution in [3.8, 4) is 0 Å². The van der Waals surface area contributed by atoms with Gasteiger partial charge in [0.05, 0.1) is 5.75 Å². The molecule has 0 aliphatic carbocycles. The highest BCUT2D eigenvalue weighted by atomic mass is 32.2. The SMILES string of the molecule is C=CCn1cnnc1SCc1nc(N)nc(N)n1. The molecule has 0 aromatic carbocycles. The Balaban J connectivity index is 2.06. The summed E-state index contributed by atoms with van der Waals surface area (Å²) in [6.07, 6.45) is 3.41. The van der Waals surface area contributed by atoms with Gasteiger partial charge in [0.2, 0.25) is 11.9 Å². The van der Waals surface area contributed by atoms with Crippen LogP contribution in [0.1, 0.15) is 5.82 Å². The maximum absolute atomic E-state index is 5.49. The molecule has 9 heteroatoms. The van der Waals surface area contributed by atoms with E-state index >= 15 is 0 Å². The van der Waals surface area contributed by atoms with Crippen LogP contribution in [-0.2, 0) is 12.3 Å². The molecular formula is C9H12N8S.